The van der Waals surface area contributed by atoms with Gasteiger partial charge in [-0.15, -0.1) is 6.42 Å². The lowest BCUT2D eigenvalue weighted by Crippen LogP contribution is -2.50. The van der Waals surface area contributed by atoms with Gasteiger partial charge in [0.2, 0.25) is 5.91 Å². The molecule has 1 aliphatic rings. The van der Waals surface area contributed by atoms with Crippen molar-refractivity contribution in [1.82, 2.24) is 10.2 Å². The summed E-state index contributed by atoms with van der Waals surface area (Å²) in [5, 5.41) is 12.1. The maximum absolute atomic E-state index is 11.6. The molecule has 0 aromatic rings. The fourth-order valence-electron chi connectivity index (χ4n) is 1.79. The molecule has 15 heavy (non-hydrogen) atoms. The number of nitrogens with zero attached hydrogens (tertiary/aromatic N) is 1. The molecule has 0 aromatic heterocycles. The second kappa shape index (κ2) is 5.74. The Morgan fingerprint density at radius 3 is 3.13 bits per heavy atom. The van der Waals surface area contributed by atoms with Crippen molar-refractivity contribution in [2.75, 3.05) is 19.6 Å². The van der Waals surface area contributed by atoms with Crippen LogP contribution in [0.25, 0.3) is 0 Å². The molecule has 1 heterocycles. The number of aliphatic hydroxyl groups is 1. The quantitative estimate of drug-likeness (QED) is 0.622. The monoisotopic (exact) mass is 210 g/mol. The summed E-state index contributed by atoms with van der Waals surface area (Å²) in [6.07, 6.45) is 6.52. The van der Waals surface area contributed by atoms with Crippen LogP contribution in [0.2, 0.25) is 0 Å². The number of aliphatic hydroxyl groups excluding tert-OH is 1. The average molecular weight is 210 g/mol. The third-order valence-corrected chi connectivity index (χ3v) is 2.72. The van der Waals surface area contributed by atoms with Crippen LogP contribution >= 0.6 is 0 Å². The Labute approximate surface area is 90.6 Å². The maximum Gasteiger partial charge on any atom is 0.237 e. The molecule has 0 saturated carbocycles. The number of terminal acetylenes is 1. The van der Waals surface area contributed by atoms with Crippen LogP contribution in [0.1, 0.15) is 19.8 Å². The van der Waals surface area contributed by atoms with Crippen LogP contribution in [-0.2, 0) is 4.79 Å². The van der Waals surface area contributed by atoms with Gasteiger partial charge in [0.15, 0.2) is 0 Å². The largest absolute Gasteiger partial charge is 0.392 e. The van der Waals surface area contributed by atoms with Gasteiger partial charge < -0.3 is 10.4 Å². The summed E-state index contributed by atoms with van der Waals surface area (Å²) in [5.41, 5.74) is 0. The second-order valence-corrected chi connectivity index (χ2v) is 3.89. The first-order chi connectivity index (χ1) is 7.15. The molecule has 0 aromatic carbocycles. The first-order valence-electron chi connectivity index (χ1n) is 5.28. The van der Waals surface area contributed by atoms with E-state index in [-0.39, 0.29) is 24.6 Å². The van der Waals surface area contributed by atoms with Crippen molar-refractivity contribution in [2.24, 2.45) is 0 Å². The smallest absolute Gasteiger partial charge is 0.237 e. The van der Waals surface area contributed by atoms with Crippen molar-refractivity contribution in [2.45, 2.75) is 31.9 Å². The molecular weight excluding hydrogens is 192 g/mol. The molecule has 1 fully saturated rings. The number of amides is 1. The van der Waals surface area contributed by atoms with Crippen LogP contribution in [-0.4, -0.2) is 47.7 Å². The molecule has 1 saturated heterocycles. The Hall–Kier alpha value is -1.05. The van der Waals surface area contributed by atoms with Gasteiger partial charge in [0, 0.05) is 6.54 Å². The van der Waals surface area contributed by atoms with Crippen LogP contribution in [0.4, 0.5) is 0 Å². The summed E-state index contributed by atoms with van der Waals surface area (Å²) in [5.74, 6) is 2.30. The van der Waals surface area contributed by atoms with E-state index in [1.54, 1.807) is 0 Å². The van der Waals surface area contributed by atoms with Gasteiger partial charge in [0.05, 0.1) is 18.7 Å². The first-order valence-corrected chi connectivity index (χ1v) is 5.28. The van der Waals surface area contributed by atoms with E-state index in [0.717, 1.165) is 19.4 Å². The zero-order valence-electron chi connectivity index (χ0n) is 9.07. The summed E-state index contributed by atoms with van der Waals surface area (Å²) in [4.78, 5) is 13.6. The van der Waals surface area contributed by atoms with E-state index in [4.69, 9.17) is 6.42 Å². The molecule has 1 aliphatic heterocycles. The minimum atomic E-state index is -0.304. The predicted octanol–water partition coefficient (Wildman–Crippen LogP) is -0.419. The van der Waals surface area contributed by atoms with E-state index in [1.165, 1.54) is 0 Å². The highest BCUT2D eigenvalue weighted by molar-refractivity contribution is 5.81. The standard InChI is InChI=1S/C11H18N2O2/c1-3-6-12-11(15)9(2)13-7-4-5-10(14)8-13/h1,9-10,14H,4-8H2,2H3,(H,12,15). The molecule has 0 aliphatic carbocycles. The number of piperidine rings is 1. The molecule has 2 atom stereocenters. The number of rotatable bonds is 3. The van der Waals surface area contributed by atoms with Crippen LogP contribution < -0.4 is 5.32 Å². The first kappa shape index (κ1) is 12.0. The Kier molecular flexibility index (Phi) is 4.60. The number of hydrogen-bond acceptors (Lipinski definition) is 3. The van der Waals surface area contributed by atoms with Gasteiger partial charge in [0.1, 0.15) is 0 Å². The number of nitrogens with one attached hydrogen (secondary N) is 1. The molecule has 1 amide bonds. The lowest BCUT2D eigenvalue weighted by Gasteiger charge is -2.33. The molecule has 4 heteroatoms. The number of likely N-dealkylation sites (tertiary alicyclic amines) is 1. The molecule has 0 radical (unpaired) electrons. The molecule has 4 nitrogen and oxygen atoms in total. The highest BCUT2D eigenvalue weighted by atomic mass is 16.3. The third kappa shape index (κ3) is 3.54. The summed E-state index contributed by atoms with van der Waals surface area (Å²) >= 11 is 0. The summed E-state index contributed by atoms with van der Waals surface area (Å²) in [6.45, 7) is 3.54. The minimum absolute atomic E-state index is 0.0675. The van der Waals surface area contributed by atoms with Gasteiger partial charge in [-0.2, -0.15) is 0 Å². The Bertz CT molecular complexity index is 260. The van der Waals surface area contributed by atoms with E-state index < -0.39 is 0 Å². The average Bonchev–Trinajstić information content (AvgIpc) is 2.24. The Morgan fingerprint density at radius 2 is 2.53 bits per heavy atom. The lowest BCUT2D eigenvalue weighted by molar-refractivity contribution is -0.126. The van der Waals surface area contributed by atoms with Crippen LogP contribution in [0.3, 0.4) is 0 Å². The molecule has 2 unspecified atom stereocenters. The normalized spacial score (nSPS) is 24.2. The molecule has 84 valence electrons. The van der Waals surface area contributed by atoms with Crippen LogP contribution in [0.15, 0.2) is 0 Å². The van der Waals surface area contributed by atoms with Gasteiger partial charge in [-0.25, -0.2) is 0 Å². The van der Waals surface area contributed by atoms with E-state index in [2.05, 4.69) is 11.2 Å². The van der Waals surface area contributed by atoms with E-state index in [0.29, 0.717) is 6.54 Å². The summed E-state index contributed by atoms with van der Waals surface area (Å²) in [6, 6.07) is -0.215. The van der Waals surface area contributed by atoms with E-state index >= 15 is 0 Å². The summed E-state index contributed by atoms with van der Waals surface area (Å²) < 4.78 is 0. The van der Waals surface area contributed by atoms with Crippen molar-refractivity contribution in [3.8, 4) is 12.3 Å². The van der Waals surface area contributed by atoms with Crippen molar-refractivity contribution in [1.29, 1.82) is 0 Å². The van der Waals surface area contributed by atoms with E-state index in [1.807, 2.05) is 11.8 Å². The van der Waals surface area contributed by atoms with Gasteiger partial charge in [-0.1, -0.05) is 5.92 Å². The van der Waals surface area contributed by atoms with Gasteiger partial charge >= 0.3 is 0 Å². The number of carbonyl (C=O) groups is 1. The Morgan fingerprint density at radius 1 is 1.80 bits per heavy atom. The highest BCUT2D eigenvalue weighted by Crippen LogP contribution is 2.12. The predicted molar refractivity (Wildman–Crippen MR) is 58.1 cm³/mol. The Balaban J connectivity index is 2.41. The van der Waals surface area contributed by atoms with Crippen LogP contribution in [0, 0.1) is 12.3 Å². The van der Waals surface area contributed by atoms with Crippen LogP contribution in [0.5, 0.6) is 0 Å². The number of hydrogen-bond donors (Lipinski definition) is 2. The van der Waals surface area contributed by atoms with Crippen molar-refractivity contribution < 1.29 is 9.90 Å². The fourth-order valence-corrected chi connectivity index (χ4v) is 1.79. The third-order valence-electron chi connectivity index (χ3n) is 2.72. The molecular formula is C11H18N2O2. The minimum Gasteiger partial charge on any atom is -0.392 e. The number of β-amino-alcohol motifs (C(OH)–C–C–N with tert-alkyl or cyclic N) is 1. The van der Waals surface area contributed by atoms with Gasteiger partial charge in [-0.3, -0.25) is 9.69 Å². The van der Waals surface area contributed by atoms with Crippen molar-refractivity contribution >= 4 is 5.91 Å². The molecule has 2 N–H and O–H groups in total. The molecule has 0 bridgehead atoms. The van der Waals surface area contributed by atoms with Gasteiger partial charge in [-0.05, 0) is 26.3 Å². The second-order valence-electron chi connectivity index (χ2n) is 3.89. The fraction of sp³-hybridized carbons (Fsp3) is 0.727. The number of carbonyl (C=O) groups excluding carboxylic acids is 1. The van der Waals surface area contributed by atoms with Gasteiger partial charge in [0.25, 0.3) is 0 Å². The maximum atomic E-state index is 11.6. The van der Waals surface area contributed by atoms with E-state index in [9.17, 15) is 9.90 Å². The molecule has 1 rings (SSSR count). The zero-order chi connectivity index (χ0) is 11.3. The SMILES string of the molecule is C#CCNC(=O)C(C)N1CCCC(O)C1. The van der Waals surface area contributed by atoms with Crippen molar-refractivity contribution in [3.63, 3.8) is 0 Å². The summed E-state index contributed by atoms with van der Waals surface area (Å²) in [7, 11) is 0. The zero-order valence-corrected chi connectivity index (χ0v) is 9.07. The topological polar surface area (TPSA) is 52.6 Å². The van der Waals surface area contributed by atoms with Crippen molar-refractivity contribution in [3.05, 3.63) is 0 Å². The lowest BCUT2D eigenvalue weighted by atomic mass is 10.1. The highest BCUT2D eigenvalue weighted by Gasteiger charge is 2.25. The molecule has 0 spiro atoms.